The van der Waals surface area contributed by atoms with Crippen LogP contribution in [0.1, 0.15) is 36.6 Å². The van der Waals surface area contributed by atoms with Crippen LogP contribution in [0.3, 0.4) is 0 Å². The minimum Gasteiger partial charge on any atom is -0.329 e. The van der Waals surface area contributed by atoms with Crippen LogP contribution < -0.4 is 5.73 Å². The Hall–Kier alpha value is -0.900. The van der Waals surface area contributed by atoms with Crippen molar-refractivity contribution >= 4 is 0 Å². The van der Waals surface area contributed by atoms with Gasteiger partial charge < -0.3 is 10.6 Å². The first-order valence-corrected chi connectivity index (χ1v) is 8.01. The molecule has 1 rings (SSSR count). The maximum Gasteiger partial charge on any atom is 0.0473 e. The van der Waals surface area contributed by atoms with Crippen LogP contribution in [0.25, 0.3) is 0 Å². The highest BCUT2D eigenvalue weighted by molar-refractivity contribution is 5.33. The average Bonchev–Trinajstić information content (AvgIpc) is 2.39. The second-order valence-corrected chi connectivity index (χ2v) is 6.80. The van der Waals surface area contributed by atoms with Crippen LogP contribution in [0.4, 0.5) is 0 Å². The van der Waals surface area contributed by atoms with E-state index in [-0.39, 0.29) is 0 Å². The Morgan fingerprint density at radius 3 is 2.29 bits per heavy atom. The van der Waals surface area contributed by atoms with Crippen LogP contribution in [-0.4, -0.2) is 50.1 Å². The zero-order valence-electron chi connectivity index (χ0n) is 14.7. The third kappa shape index (κ3) is 5.77. The van der Waals surface area contributed by atoms with Gasteiger partial charge in [0.05, 0.1) is 0 Å². The molecule has 0 aromatic heterocycles. The van der Waals surface area contributed by atoms with Crippen LogP contribution in [0.15, 0.2) is 18.2 Å². The number of likely N-dealkylation sites (N-methyl/N-ethyl adjacent to an activating group) is 1. The van der Waals surface area contributed by atoms with Gasteiger partial charge in [-0.05, 0) is 45.0 Å². The minimum absolute atomic E-state index is 0.312. The summed E-state index contributed by atoms with van der Waals surface area (Å²) < 4.78 is 0. The smallest absolute Gasteiger partial charge is 0.0473 e. The minimum atomic E-state index is 0.312. The van der Waals surface area contributed by atoms with Crippen LogP contribution in [0, 0.1) is 19.8 Å². The maximum absolute atomic E-state index is 6.15. The highest BCUT2D eigenvalue weighted by Crippen LogP contribution is 2.25. The molecule has 0 fully saturated rings. The van der Waals surface area contributed by atoms with Gasteiger partial charge in [-0.1, -0.05) is 37.6 Å². The highest BCUT2D eigenvalue weighted by atomic mass is 15.2. The summed E-state index contributed by atoms with van der Waals surface area (Å²) >= 11 is 0. The normalized spacial score (nSPS) is 13.4. The van der Waals surface area contributed by atoms with Crippen LogP contribution in [-0.2, 0) is 0 Å². The van der Waals surface area contributed by atoms with Gasteiger partial charge >= 0.3 is 0 Å². The molecule has 1 atom stereocenters. The predicted molar refractivity (Wildman–Crippen MR) is 92.7 cm³/mol. The first kappa shape index (κ1) is 18.1. The van der Waals surface area contributed by atoms with Crippen LogP contribution in [0.2, 0.25) is 0 Å². The van der Waals surface area contributed by atoms with E-state index in [2.05, 4.69) is 69.8 Å². The second-order valence-electron chi connectivity index (χ2n) is 6.80. The predicted octanol–water partition coefficient (Wildman–Crippen LogP) is 2.82. The average molecular weight is 291 g/mol. The van der Waals surface area contributed by atoms with Crippen molar-refractivity contribution in [1.29, 1.82) is 0 Å². The summed E-state index contributed by atoms with van der Waals surface area (Å²) in [5.74, 6) is 0.645. The van der Waals surface area contributed by atoms with E-state index in [4.69, 9.17) is 5.73 Å². The lowest BCUT2D eigenvalue weighted by Crippen LogP contribution is -2.40. The molecule has 0 aliphatic carbocycles. The van der Waals surface area contributed by atoms with Crippen molar-refractivity contribution < 1.29 is 0 Å². The lowest BCUT2D eigenvalue weighted by Gasteiger charge is -2.34. The molecule has 0 radical (unpaired) electrons. The lowest BCUT2D eigenvalue weighted by molar-refractivity contribution is 0.163. The zero-order chi connectivity index (χ0) is 16.0. The molecule has 0 aliphatic rings. The van der Waals surface area contributed by atoms with E-state index in [0.29, 0.717) is 18.5 Å². The Bertz CT molecular complexity index is 426. The molecule has 0 saturated heterocycles. The van der Waals surface area contributed by atoms with E-state index < -0.39 is 0 Å². The van der Waals surface area contributed by atoms with Gasteiger partial charge in [0.25, 0.3) is 0 Å². The summed E-state index contributed by atoms with van der Waals surface area (Å²) in [6, 6.07) is 7.01. The van der Waals surface area contributed by atoms with Gasteiger partial charge in [0, 0.05) is 32.2 Å². The third-order valence-electron chi connectivity index (χ3n) is 3.89. The fourth-order valence-electron chi connectivity index (χ4n) is 2.76. The van der Waals surface area contributed by atoms with Crippen molar-refractivity contribution in [2.75, 3.05) is 40.3 Å². The van der Waals surface area contributed by atoms with E-state index >= 15 is 0 Å². The van der Waals surface area contributed by atoms with Gasteiger partial charge in [-0.25, -0.2) is 0 Å². The SMILES string of the molecule is Cc1ccc(C)c(C(CN)N(CCN(C)C)CC(C)C)c1. The van der Waals surface area contributed by atoms with Gasteiger partial charge in [-0.2, -0.15) is 0 Å². The van der Waals surface area contributed by atoms with Crippen molar-refractivity contribution in [2.45, 2.75) is 33.7 Å². The Morgan fingerprint density at radius 2 is 1.76 bits per heavy atom. The summed E-state index contributed by atoms with van der Waals surface area (Å²) in [6.45, 7) is 12.8. The summed E-state index contributed by atoms with van der Waals surface area (Å²) in [7, 11) is 4.26. The Kier molecular flexibility index (Phi) is 7.36. The molecule has 0 aliphatic heterocycles. The molecule has 21 heavy (non-hydrogen) atoms. The number of hydrogen-bond acceptors (Lipinski definition) is 3. The Labute approximate surface area is 131 Å². The molecule has 2 N–H and O–H groups in total. The molecule has 120 valence electrons. The molecule has 1 aromatic carbocycles. The highest BCUT2D eigenvalue weighted by Gasteiger charge is 2.21. The molecule has 1 aromatic rings. The molecular weight excluding hydrogens is 258 g/mol. The van der Waals surface area contributed by atoms with E-state index in [0.717, 1.165) is 19.6 Å². The van der Waals surface area contributed by atoms with Gasteiger partial charge in [-0.15, -0.1) is 0 Å². The van der Waals surface area contributed by atoms with Crippen molar-refractivity contribution in [3.05, 3.63) is 34.9 Å². The van der Waals surface area contributed by atoms with Crippen molar-refractivity contribution in [3.63, 3.8) is 0 Å². The zero-order valence-corrected chi connectivity index (χ0v) is 14.7. The van der Waals surface area contributed by atoms with Crippen molar-refractivity contribution in [1.82, 2.24) is 9.80 Å². The number of nitrogens with zero attached hydrogens (tertiary/aromatic N) is 2. The maximum atomic E-state index is 6.15. The lowest BCUT2D eigenvalue weighted by atomic mass is 9.97. The monoisotopic (exact) mass is 291 g/mol. The quantitative estimate of drug-likeness (QED) is 0.799. The van der Waals surface area contributed by atoms with Gasteiger partial charge in [-0.3, -0.25) is 4.90 Å². The first-order chi connectivity index (χ1) is 9.85. The summed E-state index contributed by atoms with van der Waals surface area (Å²) in [5, 5.41) is 0. The molecule has 0 bridgehead atoms. The largest absolute Gasteiger partial charge is 0.329 e. The van der Waals surface area contributed by atoms with Crippen molar-refractivity contribution in [3.8, 4) is 0 Å². The van der Waals surface area contributed by atoms with E-state index in [1.165, 1.54) is 16.7 Å². The van der Waals surface area contributed by atoms with Gasteiger partial charge in [0.2, 0.25) is 0 Å². The van der Waals surface area contributed by atoms with Crippen LogP contribution >= 0.6 is 0 Å². The summed E-state index contributed by atoms with van der Waals surface area (Å²) in [5.41, 5.74) is 10.2. The Morgan fingerprint density at radius 1 is 1.10 bits per heavy atom. The molecule has 0 heterocycles. The van der Waals surface area contributed by atoms with E-state index in [9.17, 15) is 0 Å². The molecule has 0 spiro atoms. The summed E-state index contributed by atoms with van der Waals surface area (Å²) in [6.07, 6.45) is 0. The van der Waals surface area contributed by atoms with E-state index in [1.807, 2.05) is 0 Å². The number of nitrogens with two attached hydrogens (primary N) is 1. The molecule has 3 nitrogen and oxygen atoms in total. The van der Waals surface area contributed by atoms with Crippen molar-refractivity contribution in [2.24, 2.45) is 11.7 Å². The number of benzene rings is 1. The number of aryl methyl sites for hydroxylation is 2. The topological polar surface area (TPSA) is 32.5 Å². The number of hydrogen-bond donors (Lipinski definition) is 1. The number of rotatable bonds is 8. The second kappa shape index (κ2) is 8.52. The molecule has 3 heteroatoms. The van der Waals surface area contributed by atoms with Crippen LogP contribution in [0.5, 0.6) is 0 Å². The third-order valence-corrected chi connectivity index (χ3v) is 3.89. The Balaban J connectivity index is 3.01. The van der Waals surface area contributed by atoms with Gasteiger partial charge in [0.1, 0.15) is 0 Å². The molecule has 0 amide bonds. The first-order valence-electron chi connectivity index (χ1n) is 8.01. The molecule has 1 unspecified atom stereocenters. The fraction of sp³-hybridized carbons (Fsp3) is 0.667. The standard InChI is InChI=1S/C18H33N3/c1-14(2)13-21(10-9-20(5)6)18(12-19)17-11-15(3)7-8-16(17)4/h7-8,11,14,18H,9-10,12-13,19H2,1-6H3. The molecular formula is C18H33N3. The van der Waals surface area contributed by atoms with Gasteiger partial charge in [0.15, 0.2) is 0 Å². The summed E-state index contributed by atoms with van der Waals surface area (Å²) in [4.78, 5) is 4.79. The molecule has 0 saturated carbocycles. The fourth-order valence-corrected chi connectivity index (χ4v) is 2.76. The van der Waals surface area contributed by atoms with E-state index in [1.54, 1.807) is 0 Å².